The van der Waals surface area contributed by atoms with E-state index in [1.54, 1.807) is 12.1 Å². The summed E-state index contributed by atoms with van der Waals surface area (Å²) >= 11 is 0. The molecule has 3 nitrogen and oxygen atoms in total. The van der Waals surface area contributed by atoms with E-state index in [0.717, 1.165) is 24.9 Å². The van der Waals surface area contributed by atoms with Crippen molar-refractivity contribution in [3.63, 3.8) is 0 Å². The monoisotopic (exact) mass is 282 g/mol. The molecule has 0 aliphatic rings. The minimum absolute atomic E-state index is 0.354. The molecule has 0 spiro atoms. The Hall–Kier alpha value is -2.13. The van der Waals surface area contributed by atoms with E-state index in [2.05, 4.69) is 36.5 Å². The lowest BCUT2D eigenvalue weighted by molar-refractivity contribution is 0.100. The van der Waals surface area contributed by atoms with Crippen LogP contribution in [0.5, 0.6) is 0 Å². The van der Waals surface area contributed by atoms with E-state index >= 15 is 0 Å². The van der Waals surface area contributed by atoms with Crippen molar-refractivity contribution in [2.24, 2.45) is 5.73 Å². The molecule has 0 saturated heterocycles. The van der Waals surface area contributed by atoms with E-state index in [4.69, 9.17) is 5.73 Å². The average molecular weight is 282 g/mol. The first-order valence-corrected chi connectivity index (χ1v) is 7.37. The number of nitrogens with two attached hydrogens (primary N) is 1. The fraction of sp³-hybridized carbons (Fsp3) is 0.278. The Morgan fingerprint density at radius 3 is 2.33 bits per heavy atom. The summed E-state index contributed by atoms with van der Waals surface area (Å²) in [6, 6.07) is 18.3. The number of nitrogens with one attached hydrogen (secondary N) is 1. The molecule has 0 aliphatic carbocycles. The summed E-state index contributed by atoms with van der Waals surface area (Å²) in [5.41, 5.74) is 8.26. The summed E-state index contributed by atoms with van der Waals surface area (Å²) < 4.78 is 0. The predicted molar refractivity (Wildman–Crippen MR) is 85.9 cm³/mol. The van der Waals surface area contributed by atoms with E-state index in [1.165, 1.54) is 5.56 Å². The van der Waals surface area contributed by atoms with Crippen LogP contribution in [-0.4, -0.2) is 5.91 Å². The zero-order valence-corrected chi connectivity index (χ0v) is 12.4. The van der Waals surface area contributed by atoms with Crippen molar-refractivity contribution in [1.82, 2.24) is 5.32 Å². The number of amides is 1. The second kappa shape index (κ2) is 7.60. The molecule has 2 rings (SSSR count). The van der Waals surface area contributed by atoms with Gasteiger partial charge in [0.25, 0.3) is 0 Å². The molecule has 21 heavy (non-hydrogen) atoms. The first kappa shape index (κ1) is 15.3. The third kappa shape index (κ3) is 4.43. The van der Waals surface area contributed by atoms with Crippen LogP contribution in [0.1, 0.15) is 47.3 Å². The van der Waals surface area contributed by atoms with Crippen molar-refractivity contribution in [3.8, 4) is 0 Å². The number of benzene rings is 2. The van der Waals surface area contributed by atoms with Gasteiger partial charge in [0.15, 0.2) is 0 Å². The Labute approximate surface area is 126 Å². The minimum atomic E-state index is -0.386. The summed E-state index contributed by atoms with van der Waals surface area (Å²) in [6.07, 6.45) is 2.23. The molecule has 110 valence electrons. The standard InChI is InChI=1S/C18H22N2O/c1-2-6-17(15-7-4-3-5-8-15)20-13-14-9-11-16(12-10-14)18(19)21/h3-5,7-12,17,20H,2,6,13H2,1H3,(H2,19,21)/t17-/m0/s1. The lowest BCUT2D eigenvalue weighted by atomic mass is 10.0. The summed E-state index contributed by atoms with van der Waals surface area (Å²) in [6.45, 7) is 2.97. The zero-order valence-electron chi connectivity index (χ0n) is 12.4. The van der Waals surface area contributed by atoms with Crippen LogP contribution in [0.25, 0.3) is 0 Å². The van der Waals surface area contributed by atoms with E-state index in [0.29, 0.717) is 11.6 Å². The first-order valence-electron chi connectivity index (χ1n) is 7.37. The van der Waals surface area contributed by atoms with Crippen LogP contribution < -0.4 is 11.1 Å². The molecule has 3 N–H and O–H groups in total. The van der Waals surface area contributed by atoms with Gasteiger partial charge >= 0.3 is 0 Å². The largest absolute Gasteiger partial charge is 0.366 e. The third-order valence-corrected chi connectivity index (χ3v) is 3.57. The second-order valence-corrected chi connectivity index (χ2v) is 5.19. The summed E-state index contributed by atoms with van der Waals surface area (Å²) in [5, 5.41) is 3.59. The van der Waals surface area contributed by atoms with Gasteiger partial charge in [0.05, 0.1) is 0 Å². The number of carbonyl (C=O) groups is 1. The maximum atomic E-state index is 11.1. The van der Waals surface area contributed by atoms with Gasteiger partial charge in [0.1, 0.15) is 0 Å². The molecule has 1 amide bonds. The third-order valence-electron chi connectivity index (χ3n) is 3.57. The summed E-state index contributed by atoms with van der Waals surface area (Å²) in [4.78, 5) is 11.1. The van der Waals surface area contributed by atoms with Gasteiger partial charge in [-0.05, 0) is 29.7 Å². The van der Waals surface area contributed by atoms with Gasteiger partial charge in [-0.3, -0.25) is 4.79 Å². The Morgan fingerprint density at radius 1 is 1.10 bits per heavy atom. The van der Waals surface area contributed by atoms with E-state index in [-0.39, 0.29) is 5.91 Å². The molecular weight excluding hydrogens is 260 g/mol. The number of rotatable bonds is 7. The minimum Gasteiger partial charge on any atom is -0.366 e. The first-order chi connectivity index (χ1) is 10.2. The summed E-state index contributed by atoms with van der Waals surface area (Å²) in [7, 11) is 0. The van der Waals surface area contributed by atoms with E-state index < -0.39 is 0 Å². The van der Waals surface area contributed by atoms with Gasteiger partial charge < -0.3 is 11.1 Å². The van der Waals surface area contributed by atoms with Crippen LogP contribution in [0.15, 0.2) is 54.6 Å². The lowest BCUT2D eigenvalue weighted by Crippen LogP contribution is -2.21. The van der Waals surface area contributed by atoms with E-state index in [9.17, 15) is 4.79 Å². The highest BCUT2D eigenvalue weighted by molar-refractivity contribution is 5.92. The normalized spacial score (nSPS) is 12.0. The van der Waals surface area contributed by atoms with Gasteiger partial charge in [-0.1, -0.05) is 55.8 Å². The Balaban J connectivity index is 2.00. The Bertz CT molecular complexity index is 564. The maximum absolute atomic E-state index is 11.1. The fourth-order valence-corrected chi connectivity index (χ4v) is 2.39. The SMILES string of the molecule is CCC[C@H](NCc1ccc(C(N)=O)cc1)c1ccccc1. The van der Waals surface area contributed by atoms with Crippen molar-refractivity contribution in [3.05, 3.63) is 71.3 Å². The number of primary amides is 1. The highest BCUT2D eigenvalue weighted by atomic mass is 16.1. The molecule has 0 unspecified atom stereocenters. The molecule has 0 bridgehead atoms. The van der Waals surface area contributed by atoms with Gasteiger partial charge in [0.2, 0.25) is 5.91 Å². The van der Waals surface area contributed by atoms with Gasteiger partial charge in [0, 0.05) is 18.2 Å². The van der Waals surface area contributed by atoms with Crippen molar-refractivity contribution in [2.45, 2.75) is 32.4 Å². The average Bonchev–Trinajstić information content (AvgIpc) is 2.52. The van der Waals surface area contributed by atoms with Crippen molar-refractivity contribution in [2.75, 3.05) is 0 Å². The summed E-state index contributed by atoms with van der Waals surface area (Å²) in [5.74, 6) is -0.386. The Morgan fingerprint density at radius 2 is 1.76 bits per heavy atom. The van der Waals surface area contributed by atoms with Crippen LogP contribution in [0.4, 0.5) is 0 Å². The molecule has 0 radical (unpaired) electrons. The number of carbonyl (C=O) groups excluding carboxylic acids is 1. The van der Waals surface area contributed by atoms with Crippen LogP contribution in [0.3, 0.4) is 0 Å². The van der Waals surface area contributed by atoms with Crippen LogP contribution >= 0.6 is 0 Å². The molecule has 0 saturated carbocycles. The van der Waals surface area contributed by atoms with Crippen molar-refractivity contribution in [1.29, 1.82) is 0 Å². The molecular formula is C18H22N2O. The molecule has 1 atom stereocenters. The number of hydrogen-bond acceptors (Lipinski definition) is 2. The van der Waals surface area contributed by atoms with Gasteiger partial charge in [-0.15, -0.1) is 0 Å². The fourth-order valence-electron chi connectivity index (χ4n) is 2.39. The van der Waals surface area contributed by atoms with Crippen molar-refractivity contribution >= 4 is 5.91 Å². The highest BCUT2D eigenvalue weighted by Crippen LogP contribution is 2.18. The lowest BCUT2D eigenvalue weighted by Gasteiger charge is -2.18. The quantitative estimate of drug-likeness (QED) is 0.817. The zero-order chi connectivity index (χ0) is 15.1. The topological polar surface area (TPSA) is 55.1 Å². The van der Waals surface area contributed by atoms with Crippen LogP contribution in [0.2, 0.25) is 0 Å². The highest BCUT2D eigenvalue weighted by Gasteiger charge is 2.09. The van der Waals surface area contributed by atoms with Crippen LogP contribution in [0, 0.1) is 0 Å². The predicted octanol–water partition coefficient (Wildman–Crippen LogP) is 3.42. The molecule has 2 aromatic carbocycles. The maximum Gasteiger partial charge on any atom is 0.248 e. The molecule has 0 aliphatic heterocycles. The number of hydrogen-bond donors (Lipinski definition) is 2. The molecule has 0 fully saturated rings. The van der Waals surface area contributed by atoms with E-state index in [1.807, 2.05) is 18.2 Å². The molecule has 0 aromatic heterocycles. The smallest absolute Gasteiger partial charge is 0.248 e. The van der Waals surface area contributed by atoms with Gasteiger partial charge in [-0.2, -0.15) is 0 Å². The molecule has 3 heteroatoms. The van der Waals surface area contributed by atoms with Gasteiger partial charge in [-0.25, -0.2) is 0 Å². The van der Waals surface area contributed by atoms with Crippen molar-refractivity contribution < 1.29 is 4.79 Å². The molecule has 0 heterocycles. The Kier molecular flexibility index (Phi) is 5.52. The van der Waals surface area contributed by atoms with Crippen LogP contribution in [-0.2, 0) is 6.54 Å². The second-order valence-electron chi connectivity index (χ2n) is 5.19. The molecule has 2 aromatic rings.